The van der Waals surface area contributed by atoms with Gasteiger partial charge >= 0.3 is 0 Å². The largest absolute Gasteiger partial charge is 0.411 e. The van der Waals surface area contributed by atoms with Gasteiger partial charge in [-0.3, -0.25) is 11.3 Å². The van der Waals surface area contributed by atoms with Gasteiger partial charge in [0.25, 0.3) is 0 Å². The van der Waals surface area contributed by atoms with E-state index in [9.17, 15) is 5.21 Å². The van der Waals surface area contributed by atoms with Crippen LogP contribution in [0.1, 0.15) is 65.7 Å². The highest BCUT2D eigenvalue weighted by Gasteiger charge is 2.56. The zero-order valence-electron chi connectivity index (χ0n) is 15.9. The minimum Gasteiger partial charge on any atom is -0.411 e. The molecule has 6 atom stereocenters. The van der Waals surface area contributed by atoms with E-state index >= 15 is 0 Å². The third kappa shape index (κ3) is 2.37. The van der Waals surface area contributed by atoms with Gasteiger partial charge in [-0.05, 0) is 86.0 Å². The van der Waals surface area contributed by atoms with Crippen LogP contribution in [0.15, 0.2) is 28.5 Å². The second-order valence-corrected chi connectivity index (χ2v) is 9.36. The van der Waals surface area contributed by atoms with Crippen LogP contribution in [0.4, 0.5) is 0 Å². The zero-order valence-corrected chi connectivity index (χ0v) is 15.9. The number of fused-ring (bicyclic) bond motifs is 5. The van der Waals surface area contributed by atoms with Crippen LogP contribution in [-0.4, -0.2) is 17.0 Å². The van der Waals surface area contributed by atoms with Crippen LogP contribution in [0.3, 0.4) is 0 Å². The summed E-state index contributed by atoms with van der Waals surface area (Å²) in [5.41, 5.74) is 7.33. The van der Waals surface area contributed by atoms with Gasteiger partial charge in [-0.15, -0.1) is 0 Å². The number of oxime groups is 1. The highest BCUT2D eigenvalue weighted by molar-refractivity contribution is 5.99. The Morgan fingerprint density at radius 2 is 1.92 bits per heavy atom. The second-order valence-electron chi connectivity index (χ2n) is 9.36. The van der Waals surface area contributed by atoms with Crippen molar-refractivity contribution in [1.29, 1.82) is 0 Å². The molecule has 0 amide bonds. The first kappa shape index (κ1) is 17.3. The van der Waals surface area contributed by atoms with Gasteiger partial charge in [0.15, 0.2) is 0 Å². The standard InChI is InChI=1S/C21H33N3O/c1-13(24-25)17-6-7-18-16-5-4-14-12-15(23-22)8-10-20(14,2)19(16)9-11-21(17,18)3/h4,6,15-16,18-19,23,25H,5,7-12,22H2,1-3H3/b24-13+/t15-,16?,18?,19?,20-,21+/m0/s1. The Balaban J connectivity index is 1.64. The minimum atomic E-state index is 0.190. The fourth-order valence-corrected chi connectivity index (χ4v) is 6.99. The van der Waals surface area contributed by atoms with Gasteiger partial charge < -0.3 is 5.21 Å². The van der Waals surface area contributed by atoms with Crippen LogP contribution in [0, 0.1) is 28.6 Å². The average molecular weight is 344 g/mol. The van der Waals surface area contributed by atoms with Gasteiger partial charge in [0.2, 0.25) is 0 Å². The van der Waals surface area contributed by atoms with Crippen LogP contribution in [0.25, 0.3) is 0 Å². The van der Waals surface area contributed by atoms with Crippen LogP contribution >= 0.6 is 0 Å². The van der Waals surface area contributed by atoms with E-state index in [-0.39, 0.29) is 5.41 Å². The lowest BCUT2D eigenvalue weighted by Crippen LogP contribution is -2.51. The molecule has 0 heterocycles. The number of nitrogens with two attached hydrogens (primary N) is 1. The SMILES string of the molecule is C/C(=N\O)C1=CCC2C3CC=C4C[C@@H](NN)CC[C@]4(C)C3CC[C@]12C. The number of allylic oxidation sites excluding steroid dienone is 3. The monoisotopic (exact) mass is 343 g/mol. The topological polar surface area (TPSA) is 70.6 Å². The molecule has 0 aromatic heterocycles. The van der Waals surface area contributed by atoms with Gasteiger partial charge in [-0.2, -0.15) is 0 Å². The van der Waals surface area contributed by atoms with Crippen LogP contribution in [0.5, 0.6) is 0 Å². The molecule has 4 N–H and O–H groups in total. The molecular weight excluding hydrogens is 310 g/mol. The lowest BCUT2D eigenvalue weighted by atomic mass is 9.47. The molecule has 4 aliphatic carbocycles. The van der Waals surface area contributed by atoms with E-state index in [1.54, 1.807) is 5.57 Å². The molecular formula is C21H33N3O. The predicted molar refractivity (Wildman–Crippen MR) is 101 cm³/mol. The Kier molecular flexibility index (Phi) is 4.12. The maximum atomic E-state index is 9.30. The number of hydrogen-bond donors (Lipinski definition) is 3. The summed E-state index contributed by atoms with van der Waals surface area (Å²) in [5, 5.41) is 12.8. The van der Waals surface area contributed by atoms with E-state index in [0.717, 1.165) is 30.4 Å². The minimum absolute atomic E-state index is 0.190. The van der Waals surface area contributed by atoms with Crippen molar-refractivity contribution in [3.8, 4) is 0 Å². The Morgan fingerprint density at radius 1 is 1.16 bits per heavy atom. The van der Waals surface area contributed by atoms with E-state index in [0.29, 0.717) is 17.4 Å². The zero-order chi connectivity index (χ0) is 17.8. The molecule has 4 nitrogen and oxygen atoms in total. The van der Waals surface area contributed by atoms with Crippen molar-refractivity contribution in [2.24, 2.45) is 39.6 Å². The highest BCUT2D eigenvalue weighted by Crippen LogP contribution is 2.64. The summed E-state index contributed by atoms with van der Waals surface area (Å²) in [6.07, 6.45) is 13.4. The Labute approximate surface area is 151 Å². The summed E-state index contributed by atoms with van der Waals surface area (Å²) in [7, 11) is 0. The summed E-state index contributed by atoms with van der Waals surface area (Å²) >= 11 is 0. The Morgan fingerprint density at radius 3 is 2.64 bits per heavy atom. The quantitative estimate of drug-likeness (QED) is 0.232. The van der Waals surface area contributed by atoms with Crippen molar-refractivity contribution in [2.45, 2.75) is 71.8 Å². The molecule has 0 bridgehead atoms. The number of hydrazine groups is 1. The molecule has 138 valence electrons. The molecule has 4 rings (SSSR count). The number of hydrogen-bond acceptors (Lipinski definition) is 4. The predicted octanol–water partition coefficient (Wildman–Crippen LogP) is 4.17. The van der Waals surface area contributed by atoms with E-state index in [2.05, 4.69) is 36.6 Å². The van der Waals surface area contributed by atoms with Crippen molar-refractivity contribution in [3.63, 3.8) is 0 Å². The smallest absolute Gasteiger partial charge is 0.0799 e. The first-order chi connectivity index (χ1) is 11.9. The highest BCUT2D eigenvalue weighted by atomic mass is 16.4. The van der Waals surface area contributed by atoms with Crippen molar-refractivity contribution in [3.05, 3.63) is 23.3 Å². The maximum Gasteiger partial charge on any atom is 0.0799 e. The first-order valence-corrected chi connectivity index (χ1v) is 9.99. The molecule has 0 spiro atoms. The molecule has 0 saturated heterocycles. The van der Waals surface area contributed by atoms with Crippen molar-refractivity contribution in [1.82, 2.24) is 5.43 Å². The fraction of sp³-hybridized carbons (Fsp3) is 0.762. The lowest BCUT2D eigenvalue weighted by molar-refractivity contribution is -0.0174. The fourth-order valence-electron chi connectivity index (χ4n) is 6.99. The Hall–Kier alpha value is -1.13. The van der Waals surface area contributed by atoms with Crippen LogP contribution in [0.2, 0.25) is 0 Å². The summed E-state index contributed by atoms with van der Waals surface area (Å²) < 4.78 is 0. The molecule has 25 heavy (non-hydrogen) atoms. The summed E-state index contributed by atoms with van der Waals surface area (Å²) in [6.45, 7) is 6.89. The van der Waals surface area contributed by atoms with Gasteiger partial charge in [0.1, 0.15) is 0 Å². The molecule has 0 radical (unpaired) electrons. The first-order valence-electron chi connectivity index (χ1n) is 9.99. The Bertz CT molecular complexity index is 652. The summed E-state index contributed by atoms with van der Waals surface area (Å²) in [5.74, 6) is 7.98. The molecule has 2 saturated carbocycles. The number of nitrogens with zero attached hydrogens (tertiary/aromatic N) is 1. The molecule has 4 aliphatic rings. The second kappa shape index (κ2) is 5.95. The molecule has 0 aliphatic heterocycles. The molecule has 0 aromatic rings. The third-order valence-corrected chi connectivity index (χ3v) is 8.46. The number of rotatable bonds is 2. The average Bonchev–Trinajstić information content (AvgIpc) is 2.97. The lowest BCUT2D eigenvalue weighted by Gasteiger charge is -2.58. The summed E-state index contributed by atoms with van der Waals surface area (Å²) in [6, 6.07) is 0.452. The van der Waals surface area contributed by atoms with E-state index in [1.165, 1.54) is 37.7 Å². The van der Waals surface area contributed by atoms with Gasteiger partial charge in [-0.1, -0.05) is 36.7 Å². The van der Waals surface area contributed by atoms with Gasteiger partial charge in [-0.25, -0.2) is 0 Å². The molecule has 4 heteroatoms. The third-order valence-electron chi connectivity index (χ3n) is 8.46. The van der Waals surface area contributed by atoms with Crippen molar-refractivity contribution in [2.75, 3.05) is 0 Å². The van der Waals surface area contributed by atoms with Gasteiger partial charge in [0.05, 0.1) is 5.71 Å². The van der Waals surface area contributed by atoms with E-state index < -0.39 is 0 Å². The van der Waals surface area contributed by atoms with E-state index in [1.807, 2.05) is 6.92 Å². The molecule has 0 aromatic carbocycles. The summed E-state index contributed by atoms with van der Waals surface area (Å²) in [4.78, 5) is 0. The van der Waals surface area contributed by atoms with E-state index in [4.69, 9.17) is 5.84 Å². The van der Waals surface area contributed by atoms with Crippen LogP contribution < -0.4 is 11.3 Å². The van der Waals surface area contributed by atoms with Gasteiger partial charge in [0, 0.05) is 6.04 Å². The van der Waals surface area contributed by atoms with Crippen molar-refractivity contribution < 1.29 is 5.21 Å². The maximum absolute atomic E-state index is 9.30. The van der Waals surface area contributed by atoms with Crippen LogP contribution in [-0.2, 0) is 0 Å². The number of nitrogens with one attached hydrogen (secondary N) is 1. The molecule has 2 fully saturated rings. The normalized spacial score (nSPS) is 46.6. The van der Waals surface area contributed by atoms with Crippen molar-refractivity contribution >= 4 is 5.71 Å². The molecule has 3 unspecified atom stereocenters.